The number of halogens is 2. The van der Waals surface area contributed by atoms with Crippen molar-refractivity contribution >= 4 is 23.5 Å². The first-order valence-corrected chi connectivity index (χ1v) is 7.43. The average molecular weight is 344 g/mol. The zero-order valence-electron chi connectivity index (χ0n) is 12.3. The predicted octanol–water partition coefficient (Wildman–Crippen LogP) is 1.64. The maximum Gasteiger partial charge on any atom is 0.314 e. The Morgan fingerprint density at radius 1 is 1.48 bits per heavy atom. The second-order valence-electron chi connectivity index (χ2n) is 5.87. The number of benzene rings is 1. The molecule has 6 nitrogen and oxygen atoms in total. The molecule has 2 bridgehead atoms. The van der Waals surface area contributed by atoms with Crippen molar-refractivity contribution in [1.29, 1.82) is 0 Å². The van der Waals surface area contributed by atoms with Crippen LogP contribution in [-0.4, -0.2) is 42.8 Å². The van der Waals surface area contributed by atoms with E-state index in [1.54, 1.807) is 0 Å². The standard InChI is InChI=1S/C15H15ClFNO5/c1-22-14(21)15-4-9(10(5-15)23-6-15)18-13(20)7-2-3-8(16)11(17)12(7)19/h2-3,9-10,19H,4-6H2,1H3,(H,18,20)/t9-,10-,15+/m1/s1. The van der Waals surface area contributed by atoms with Crippen LogP contribution in [0.5, 0.6) is 5.75 Å². The van der Waals surface area contributed by atoms with Gasteiger partial charge >= 0.3 is 5.97 Å². The van der Waals surface area contributed by atoms with Crippen LogP contribution in [0.25, 0.3) is 0 Å². The summed E-state index contributed by atoms with van der Waals surface area (Å²) in [5.41, 5.74) is -0.966. The fourth-order valence-corrected chi connectivity index (χ4v) is 3.43. The number of fused-ring (bicyclic) bond motifs is 2. The van der Waals surface area contributed by atoms with Crippen molar-refractivity contribution in [3.8, 4) is 5.75 Å². The summed E-state index contributed by atoms with van der Waals surface area (Å²) >= 11 is 5.54. The van der Waals surface area contributed by atoms with Gasteiger partial charge in [0.05, 0.1) is 41.9 Å². The number of hydrogen-bond donors (Lipinski definition) is 2. The maximum absolute atomic E-state index is 13.6. The summed E-state index contributed by atoms with van der Waals surface area (Å²) in [6.45, 7) is 0.261. The second-order valence-corrected chi connectivity index (χ2v) is 6.27. The minimum absolute atomic E-state index is 0.221. The van der Waals surface area contributed by atoms with Crippen LogP contribution in [0, 0.1) is 11.2 Å². The number of amides is 1. The van der Waals surface area contributed by atoms with Crippen molar-refractivity contribution in [1.82, 2.24) is 5.32 Å². The van der Waals surface area contributed by atoms with Crippen LogP contribution in [0.3, 0.4) is 0 Å². The third kappa shape index (κ3) is 2.53. The predicted molar refractivity (Wildman–Crippen MR) is 77.8 cm³/mol. The molecule has 0 unspecified atom stereocenters. The van der Waals surface area contributed by atoms with Gasteiger partial charge in [-0.15, -0.1) is 0 Å². The van der Waals surface area contributed by atoms with Gasteiger partial charge in [-0.2, -0.15) is 0 Å². The Labute approximate surface area is 136 Å². The summed E-state index contributed by atoms with van der Waals surface area (Å²) in [6.07, 6.45) is 0.538. The topological polar surface area (TPSA) is 84.9 Å². The minimum Gasteiger partial charge on any atom is -0.504 e. The van der Waals surface area contributed by atoms with Gasteiger partial charge in [-0.3, -0.25) is 9.59 Å². The molecule has 23 heavy (non-hydrogen) atoms. The number of aromatic hydroxyl groups is 1. The van der Waals surface area contributed by atoms with E-state index in [1.165, 1.54) is 19.2 Å². The first-order valence-electron chi connectivity index (χ1n) is 7.06. The normalized spacial score (nSPS) is 28.7. The molecule has 1 heterocycles. The van der Waals surface area contributed by atoms with Crippen LogP contribution in [0.15, 0.2) is 12.1 Å². The van der Waals surface area contributed by atoms with Crippen LogP contribution in [0.2, 0.25) is 5.02 Å². The number of carbonyl (C=O) groups is 2. The van der Waals surface area contributed by atoms with E-state index in [9.17, 15) is 19.1 Å². The van der Waals surface area contributed by atoms with E-state index in [1.807, 2.05) is 0 Å². The molecule has 1 aliphatic heterocycles. The monoisotopic (exact) mass is 343 g/mol. The van der Waals surface area contributed by atoms with Gasteiger partial charge in [0.1, 0.15) is 0 Å². The first-order chi connectivity index (χ1) is 10.9. The molecule has 1 aromatic carbocycles. The van der Waals surface area contributed by atoms with E-state index >= 15 is 0 Å². The highest BCUT2D eigenvalue weighted by molar-refractivity contribution is 6.31. The second kappa shape index (κ2) is 5.65. The Morgan fingerprint density at radius 2 is 2.22 bits per heavy atom. The molecule has 0 aromatic heterocycles. The highest BCUT2D eigenvalue weighted by atomic mass is 35.5. The molecule has 1 saturated heterocycles. The smallest absolute Gasteiger partial charge is 0.314 e. The summed E-state index contributed by atoms with van der Waals surface area (Å²) in [5.74, 6) is -2.87. The number of nitrogens with one attached hydrogen (secondary N) is 1. The van der Waals surface area contributed by atoms with Gasteiger partial charge < -0.3 is 19.9 Å². The minimum atomic E-state index is -1.05. The summed E-state index contributed by atoms with van der Waals surface area (Å²) in [6, 6.07) is 2.02. The lowest BCUT2D eigenvalue weighted by atomic mass is 9.88. The van der Waals surface area contributed by atoms with Gasteiger partial charge in [0.2, 0.25) is 0 Å². The van der Waals surface area contributed by atoms with Crippen molar-refractivity contribution in [3.05, 3.63) is 28.5 Å². The van der Waals surface area contributed by atoms with E-state index < -0.39 is 28.9 Å². The lowest BCUT2D eigenvalue weighted by Crippen LogP contribution is -2.45. The van der Waals surface area contributed by atoms with Crippen LogP contribution < -0.4 is 5.32 Å². The molecule has 8 heteroatoms. The van der Waals surface area contributed by atoms with Gasteiger partial charge in [-0.1, -0.05) is 11.6 Å². The molecule has 2 fully saturated rings. The van der Waals surface area contributed by atoms with Gasteiger partial charge in [0.25, 0.3) is 5.91 Å². The molecule has 1 aliphatic carbocycles. The highest BCUT2D eigenvalue weighted by Crippen LogP contribution is 2.47. The first kappa shape index (κ1) is 16.0. The van der Waals surface area contributed by atoms with Gasteiger partial charge in [0.15, 0.2) is 11.6 Å². The molecular weight excluding hydrogens is 329 g/mol. The molecule has 2 N–H and O–H groups in total. The Kier molecular flexibility index (Phi) is 3.93. The molecule has 2 aliphatic rings. The van der Waals surface area contributed by atoms with Crippen LogP contribution in [-0.2, 0) is 14.3 Å². The van der Waals surface area contributed by atoms with E-state index in [2.05, 4.69) is 5.32 Å². The van der Waals surface area contributed by atoms with Crippen molar-refractivity contribution in [2.24, 2.45) is 5.41 Å². The molecule has 0 spiro atoms. The Balaban J connectivity index is 1.75. The van der Waals surface area contributed by atoms with Crippen LogP contribution >= 0.6 is 11.6 Å². The zero-order valence-corrected chi connectivity index (χ0v) is 13.0. The number of hydrogen-bond acceptors (Lipinski definition) is 5. The molecule has 0 radical (unpaired) electrons. The van der Waals surface area contributed by atoms with Crippen LogP contribution in [0.4, 0.5) is 4.39 Å². The number of ether oxygens (including phenoxy) is 2. The SMILES string of the molecule is COC(=O)[C@]12CO[C@H](C1)[C@H](NC(=O)c1ccc(Cl)c(F)c1O)C2. The van der Waals surface area contributed by atoms with Crippen molar-refractivity contribution in [2.45, 2.75) is 25.0 Å². The van der Waals surface area contributed by atoms with Gasteiger partial charge in [-0.25, -0.2) is 4.39 Å². The third-order valence-corrected chi connectivity index (χ3v) is 4.77. The summed E-state index contributed by atoms with van der Waals surface area (Å²) < 4.78 is 23.9. The van der Waals surface area contributed by atoms with Crippen LogP contribution in [0.1, 0.15) is 23.2 Å². The quantitative estimate of drug-likeness (QED) is 0.815. The molecule has 3 rings (SSSR count). The number of carbonyl (C=O) groups excluding carboxylic acids is 2. The van der Waals surface area contributed by atoms with E-state index in [4.69, 9.17) is 21.1 Å². The molecule has 3 atom stereocenters. The molecule has 124 valence electrons. The Bertz CT molecular complexity index is 682. The summed E-state index contributed by atoms with van der Waals surface area (Å²) in [4.78, 5) is 24.2. The Hall–Kier alpha value is -1.86. The van der Waals surface area contributed by atoms with Gasteiger partial charge in [0, 0.05) is 0 Å². The Morgan fingerprint density at radius 3 is 2.91 bits per heavy atom. The fraction of sp³-hybridized carbons (Fsp3) is 0.467. The lowest BCUT2D eigenvalue weighted by molar-refractivity contribution is -0.154. The number of rotatable bonds is 3. The molecule has 1 amide bonds. The molecule has 1 aromatic rings. The number of phenols is 1. The van der Waals surface area contributed by atoms with Gasteiger partial charge in [-0.05, 0) is 25.0 Å². The van der Waals surface area contributed by atoms with E-state index in [0.717, 1.165) is 0 Å². The number of esters is 1. The lowest BCUT2D eigenvalue weighted by Gasteiger charge is -2.28. The van der Waals surface area contributed by atoms with E-state index in [-0.39, 0.29) is 29.3 Å². The average Bonchev–Trinajstić information content (AvgIpc) is 3.11. The highest BCUT2D eigenvalue weighted by Gasteiger charge is 2.57. The van der Waals surface area contributed by atoms with Crippen molar-refractivity contribution in [3.63, 3.8) is 0 Å². The largest absolute Gasteiger partial charge is 0.504 e. The number of phenolic OH excluding ortho intramolecular Hbond substituents is 1. The zero-order chi connectivity index (χ0) is 16.8. The summed E-state index contributed by atoms with van der Waals surface area (Å²) in [7, 11) is 1.31. The number of methoxy groups -OCH3 is 1. The maximum atomic E-state index is 13.6. The summed E-state index contributed by atoms with van der Waals surface area (Å²) in [5, 5.41) is 12.1. The van der Waals surface area contributed by atoms with E-state index in [0.29, 0.717) is 12.8 Å². The fourth-order valence-electron chi connectivity index (χ4n) is 3.28. The molecular formula is C15H15ClFNO5. The van der Waals surface area contributed by atoms with Crippen molar-refractivity contribution in [2.75, 3.05) is 13.7 Å². The third-order valence-electron chi connectivity index (χ3n) is 4.47. The molecule has 1 saturated carbocycles. The van der Waals surface area contributed by atoms with Crippen molar-refractivity contribution < 1.29 is 28.6 Å².